The highest BCUT2D eigenvalue weighted by atomic mass is 14.8. The highest BCUT2D eigenvalue weighted by molar-refractivity contribution is 5.98. The van der Waals surface area contributed by atoms with E-state index in [0.29, 0.717) is 11.1 Å². The highest BCUT2D eigenvalue weighted by Crippen LogP contribution is 2.32. The van der Waals surface area contributed by atoms with Crippen LogP contribution in [-0.2, 0) is 0 Å². The van der Waals surface area contributed by atoms with Gasteiger partial charge in [-0.1, -0.05) is 48.5 Å². The van der Waals surface area contributed by atoms with Crippen molar-refractivity contribution in [3.8, 4) is 22.3 Å². The second-order valence-electron chi connectivity index (χ2n) is 10.2. The number of H-pyrrole nitrogens is 2. The van der Waals surface area contributed by atoms with Crippen LogP contribution in [0.2, 0.25) is 0 Å². The van der Waals surface area contributed by atoms with Gasteiger partial charge in [0.1, 0.15) is 11.7 Å². The summed E-state index contributed by atoms with van der Waals surface area (Å²) in [6.45, 7) is 0. The van der Waals surface area contributed by atoms with E-state index >= 15 is 0 Å². The van der Waals surface area contributed by atoms with Gasteiger partial charge in [0.05, 0.1) is 22.8 Å². The maximum absolute atomic E-state index is 7.76. The van der Waals surface area contributed by atoms with Crippen LogP contribution in [0.1, 0.15) is 33.9 Å². The van der Waals surface area contributed by atoms with Gasteiger partial charge in [-0.25, -0.2) is 9.97 Å². The number of aromatic amines is 2. The van der Waals surface area contributed by atoms with Crippen LogP contribution < -0.4 is 11.5 Å². The second-order valence-corrected chi connectivity index (χ2v) is 10.2. The van der Waals surface area contributed by atoms with E-state index in [1.165, 1.54) is 0 Å². The van der Waals surface area contributed by atoms with Crippen LogP contribution in [0, 0.1) is 10.8 Å². The Kier molecular flexibility index (Phi) is 5.87. The summed E-state index contributed by atoms with van der Waals surface area (Å²) >= 11 is 0. The van der Waals surface area contributed by atoms with E-state index in [-0.39, 0.29) is 11.7 Å². The van der Waals surface area contributed by atoms with E-state index in [0.717, 1.165) is 67.1 Å². The number of hydrogen-bond acceptors (Lipinski definition) is 4. The van der Waals surface area contributed by atoms with E-state index in [4.69, 9.17) is 32.3 Å². The molecular weight excluding hydrogens is 520 g/mol. The zero-order chi connectivity index (χ0) is 28.8. The number of nitrogens with zero attached hydrogens (tertiary/aromatic N) is 2. The van der Waals surface area contributed by atoms with Crippen molar-refractivity contribution in [2.75, 3.05) is 0 Å². The first-order valence-electron chi connectivity index (χ1n) is 13.4. The minimum Gasteiger partial charge on any atom is -0.384 e. The molecule has 5 aromatic rings. The molecule has 7 rings (SSSR count). The third-order valence-electron chi connectivity index (χ3n) is 7.37. The number of nitrogens with one attached hydrogen (secondary N) is 4. The van der Waals surface area contributed by atoms with Crippen LogP contribution in [0.3, 0.4) is 0 Å². The van der Waals surface area contributed by atoms with Gasteiger partial charge in [-0.3, -0.25) is 10.8 Å². The molecular formula is C34H26N8. The standard InChI is InChI=1S/C34H26N8/c35-33(36)21-5-1-19(2-6-21)31-27-13-9-23(39-27)17-25-11-15-29(41-25)32(20-3-7-22(8-4-20)34(37)38)30-16-12-26(42-30)18-24-10-14-28(31)40-24/h1-18,39,42H,(H3,35,36)(H3,37,38). The lowest BCUT2D eigenvalue weighted by Gasteiger charge is -2.06. The van der Waals surface area contributed by atoms with Gasteiger partial charge < -0.3 is 21.4 Å². The molecule has 42 heavy (non-hydrogen) atoms. The highest BCUT2D eigenvalue weighted by Gasteiger charge is 2.14. The molecule has 2 aromatic carbocycles. The fourth-order valence-electron chi connectivity index (χ4n) is 5.31. The van der Waals surface area contributed by atoms with Crippen LogP contribution in [0.15, 0.2) is 84.9 Å². The molecule has 2 aliphatic heterocycles. The Hall–Kier alpha value is -6.02. The van der Waals surface area contributed by atoms with Crippen LogP contribution in [-0.4, -0.2) is 31.6 Å². The molecule has 202 valence electrons. The molecule has 8 nitrogen and oxygen atoms in total. The van der Waals surface area contributed by atoms with Crippen molar-refractivity contribution in [3.05, 3.63) is 119 Å². The van der Waals surface area contributed by atoms with Crippen LogP contribution in [0.4, 0.5) is 0 Å². The van der Waals surface area contributed by atoms with Gasteiger partial charge in [0.2, 0.25) is 0 Å². The monoisotopic (exact) mass is 546 g/mol. The van der Waals surface area contributed by atoms with Crippen molar-refractivity contribution < 1.29 is 0 Å². The summed E-state index contributed by atoms with van der Waals surface area (Å²) in [5.74, 6) is 0.0648. The summed E-state index contributed by atoms with van der Waals surface area (Å²) in [6.07, 6.45) is 8.04. The Morgan fingerprint density at radius 2 is 0.929 bits per heavy atom. The first kappa shape index (κ1) is 25.0. The van der Waals surface area contributed by atoms with Gasteiger partial charge in [0.15, 0.2) is 0 Å². The van der Waals surface area contributed by atoms with Gasteiger partial charge in [-0.2, -0.15) is 0 Å². The lowest BCUT2D eigenvalue weighted by molar-refractivity contribution is 1.31. The molecule has 2 aliphatic rings. The molecule has 8 heteroatoms. The molecule has 0 saturated heterocycles. The van der Waals surface area contributed by atoms with Crippen molar-refractivity contribution in [2.24, 2.45) is 11.5 Å². The number of aromatic nitrogens is 4. The Bertz CT molecular complexity index is 1970. The zero-order valence-electron chi connectivity index (χ0n) is 22.4. The van der Waals surface area contributed by atoms with Crippen LogP contribution >= 0.6 is 0 Å². The topological polar surface area (TPSA) is 157 Å². The van der Waals surface area contributed by atoms with Gasteiger partial charge in [-0.05, 0) is 71.8 Å². The molecule has 0 radical (unpaired) electrons. The van der Waals surface area contributed by atoms with Crippen molar-refractivity contribution in [1.29, 1.82) is 10.8 Å². The largest absolute Gasteiger partial charge is 0.384 e. The predicted molar refractivity (Wildman–Crippen MR) is 172 cm³/mol. The number of amidine groups is 2. The maximum Gasteiger partial charge on any atom is 0.122 e. The number of rotatable bonds is 4. The van der Waals surface area contributed by atoms with Gasteiger partial charge in [0, 0.05) is 44.3 Å². The first-order chi connectivity index (χ1) is 20.4. The first-order valence-corrected chi connectivity index (χ1v) is 13.4. The molecule has 0 atom stereocenters. The summed E-state index contributed by atoms with van der Waals surface area (Å²) in [5.41, 5.74) is 23.5. The SMILES string of the molecule is N=C(N)c1ccc(-c2c3nc(cc4ccc([nH]4)c(-c4ccc(C(=N)N)cc4)c4nc(cc5ccc2[nH]5)C=C4)C=C3)cc1. The van der Waals surface area contributed by atoms with Gasteiger partial charge in [-0.15, -0.1) is 0 Å². The number of hydrogen-bond donors (Lipinski definition) is 6. The quantitative estimate of drug-likeness (QED) is 0.109. The maximum atomic E-state index is 7.76. The van der Waals surface area contributed by atoms with Crippen LogP contribution in [0.5, 0.6) is 0 Å². The average Bonchev–Trinajstić information content (AvgIpc) is 3.80. The summed E-state index contributed by atoms with van der Waals surface area (Å²) in [4.78, 5) is 17.0. The molecule has 5 heterocycles. The average molecular weight is 547 g/mol. The summed E-state index contributed by atoms with van der Waals surface area (Å²) in [5, 5.41) is 15.5. The fourth-order valence-corrected chi connectivity index (χ4v) is 5.31. The van der Waals surface area contributed by atoms with Crippen molar-refractivity contribution in [2.45, 2.75) is 0 Å². The molecule has 0 fully saturated rings. The molecule has 8 bridgehead atoms. The van der Waals surface area contributed by atoms with Crippen molar-refractivity contribution in [3.63, 3.8) is 0 Å². The van der Waals surface area contributed by atoms with Gasteiger partial charge in [0.25, 0.3) is 0 Å². The van der Waals surface area contributed by atoms with Gasteiger partial charge >= 0.3 is 0 Å². The van der Waals surface area contributed by atoms with E-state index in [9.17, 15) is 0 Å². The molecule has 0 aliphatic carbocycles. The van der Waals surface area contributed by atoms with E-state index in [1.54, 1.807) is 0 Å². The summed E-state index contributed by atoms with van der Waals surface area (Å²) < 4.78 is 0. The van der Waals surface area contributed by atoms with E-state index in [1.807, 2.05) is 109 Å². The van der Waals surface area contributed by atoms with E-state index in [2.05, 4.69) is 9.97 Å². The Labute approximate surface area is 241 Å². The Morgan fingerprint density at radius 1 is 0.524 bits per heavy atom. The molecule has 0 amide bonds. The molecule has 0 spiro atoms. The Balaban J connectivity index is 1.50. The summed E-state index contributed by atoms with van der Waals surface area (Å²) in [7, 11) is 0. The third-order valence-corrected chi connectivity index (χ3v) is 7.37. The zero-order valence-corrected chi connectivity index (χ0v) is 22.4. The number of nitrogen functional groups attached to an aromatic ring is 2. The predicted octanol–water partition coefficient (Wildman–Crippen LogP) is 6.56. The van der Waals surface area contributed by atoms with Crippen molar-refractivity contribution in [1.82, 2.24) is 19.9 Å². The normalized spacial score (nSPS) is 12.0. The minimum atomic E-state index is 0.0324. The number of nitrogens with two attached hydrogens (primary N) is 2. The smallest absolute Gasteiger partial charge is 0.122 e. The molecule has 0 unspecified atom stereocenters. The lowest BCUT2D eigenvalue weighted by Crippen LogP contribution is -2.10. The van der Waals surface area contributed by atoms with Crippen LogP contribution in [0.25, 0.3) is 68.6 Å². The lowest BCUT2D eigenvalue weighted by atomic mass is 10.0. The number of benzene rings is 2. The molecule has 3 aromatic heterocycles. The van der Waals surface area contributed by atoms with Crippen molar-refractivity contribution >= 4 is 58.0 Å². The third kappa shape index (κ3) is 4.56. The molecule has 8 N–H and O–H groups in total. The Morgan fingerprint density at radius 3 is 1.31 bits per heavy atom. The fraction of sp³-hybridized carbons (Fsp3) is 0. The minimum absolute atomic E-state index is 0.0324. The number of fused-ring (bicyclic) bond motifs is 8. The second kappa shape index (κ2) is 9.87. The summed E-state index contributed by atoms with van der Waals surface area (Å²) in [6, 6.07) is 27.5. The molecule has 0 saturated carbocycles. The van der Waals surface area contributed by atoms with E-state index < -0.39 is 0 Å².